The van der Waals surface area contributed by atoms with Gasteiger partial charge in [-0.1, -0.05) is 6.92 Å². The lowest BCUT2D eigenvalue weighted by molar-refractivity contribution is -0.117. The van der Waals surface area contributed by atoms with Crippen molar-refractivity contribution in [3.63, 3.8) is 0 Å². The summed E-state index contributed by atoms with van der Waals surface area (Å²) in [5, 5.41) is 2.77. The van der Waals surface area contributed by atoms with Crippen molar-refractivity contribution in [1.29, 1.82) is 0 Å². The number of carbonyl (C=O) groups is 1. The molecule has 1 aromatic carbocycles. The minimum absolute atomic E-state index is 0.160. The molecule has 88 valence electrons. The average Bonchev–Trinajstić information content (AvgIpc) is 2.28. The quantitative estimate of drug-likeness (QED) is 0.814. The van der Waals surface area contributed by atoms with Crippen LogP contribution in [0.4, 0.5) is 5.69 Å². The average molecular weight is 222 g/mol. The van der Waals surface area contributed by atoms with Crippen molar-refractivity contribution < 1.29 is 9.53 Å². The fraction of sp³-hybridized carbons (Fsp3) is 0.417. The Kier molecular flexibility index (Phi) is 4.31. The van der Waals surface area contributed by atoms with Crippen molar-refractivity contribution in [2.45, 2.75) is 26.3 Å². The molecular weight excluding hydrogens is 204 g/mol. The Hall–Kier alpha value is -1.55. The highest BCUT2D eigenvalue weighted by molar-refractivity contribution is 5.94. The molecule has 4 nitrogen and oxygen atoms in total. The first-order chi connectivity index (χ1) is 7.58. The lowest BCUT2D eigenvalue weighted by Gasteiger charge is -2.11. The van der Waals surface area contributed by atoms with E-state index in [2.05, 4.69) is 5.32 Å². The molecule has 0 saturated carbocycles. The van der Waals surface area contributed by atoms with Crippen LogP contribution in [-0.4, -0.2) is 19.1 Å². The number of hydrogen-bond acceptors (Lipinski definition) is 3. The molecule has 1 rings (SSSR count). The van der Waals surface area contributed by atoms with Gasteiger partial charge < -0.3 is 15.8 Å². The Labute approximate surface area is 95.8 Å². The van der Waals surface area contributed by atoms with Gasteiger partial charge in [-0.05, 0) is 37.1 Å². The van der Waals surface area contributed by atoms with E-state index in [-0.39, 0.29) is 5.91 Å². The summed E-state index contributed by atoms with van der Waals surface area (Å²) in [6.07, 6.45) is 0.626. The number of amides is 1. The minimum atomic E-state index is -0.456. The molecule has 0 aromatic heterocycles. The number of anilines is 1. The molecule has 4 heteroatoms. The summed E-state index contributed by atoms with van der Waals surface area (Å²) in [6.45, 7) is 3.80. The number of carbonyl (C=O) groups excluding carboxylic acids is 1. The van der Waals surface area contributed by atoms with E-state index in [0.29, 0.717) is 6.42 Å². The Morgan fingerprint density at radius 3 is 2.75 bits per heavy atom. The zero-order chi connectivity index (χ0) is 12.1. The van der Waals surface area contributed by atoms with E-state index in [4.69, 9.17) is 10.5 Å². The van der Waals surface area contributed by atoms with Gasteiger partial charge in [0, 0.05) is 5.69 Å². The molecule has 0 spiro atoms. The van der Waals surface area contributed by atoms with E-state index < -0.39 is 6.04 Å². The molecule has 1 amide bonds. The van der Waals surface area contributed by atoms with Crippen molar-refractivity contribution in [3.05, 3.63) is 23.8 Å². The molecule has 16 heavy (non-hydrogen) atoms. The first kappa shape index (κ1) is 12.5. The summed E-state index contributed by atoms with van der Waals surface area (Å²) in [5.41, 5.74) is 7.34. The molecule has 0 heterocycles. The molecule has 0 aliphatic carbocycles. The van der Waals surface area contributed by atoms with E-state index in [1.165, 1.54) is 0 Å². The summed E-state index contributed by atoms with van der Waals surface area (Å²) in [6, 6.07) is 5.02. The van der Waals surface area contributed by atoms with Crippen LogP contribution in [0.2, 0.25) is 0 Å². The highest BCUT2D eigenvalue weighted by atomic mass is 16.5. The Balaban J connectivity index is 2.75. The molecule has 0 saturated heterocycles. The van der Waals surface area contributed by atoms with Crippen LogP contribution in [0.5, 0.6) is 5.75 Å². The highest BCUT2D eigenvalue weighted by Crippen LogP contribution is 2.21. The summed E-state index contributed by atoms with van der Waals surface area (Å²) >= 11 is 0. The van der Waals surface area contributed by atoms with Gasteiger partial charge in [0.15, 0.2) is 0 Å². The molecule has 0 radical (unpaired) electrons. The van der Waals surface area contributed by atoms with Crippen LogP contribution in [0.15, 0.2) is 18.2 Å². The normalized spacial score (nSPS) is 12.0. The third kappa shape index (κ3) is 2.97. The van der Waals surface area contributed by atoms with E-state index in [9.17, 15) is 4.79 Å². The van der Waals surface area contributed by atoms with Crippen molar-refractivity contribution in [3.8, 4) is 5.75 Å². The van der Waals surface area contributed by atoms with Crippen LogP contribution >= 0.6 is 0 Å². The monoisotopic (exact) mass is 222 g/mol. The van der Waals surface area contributed by atoms with Crippen molar-refractivity contribution >= 4 is 11.6 Å². The van der Waals surface area contributed by atoms with Gasteiger partial charge in [-0.3, -0.25) is 4.79 Å². The van der Waals surface area contributed by atoms with Gasteiger partial charge in [0.1, 0.15) is 5.75 Å². The van der Waals surface area contributed by atoms with Gasteiger partial charge in [-0.25, -0.2) is 0 Å². The van der Waals surface area contributed by atoms with Gasteiger partial charge in [-0.2, -0.15) is 0 Å². The molecule has 0 aliphatic heterocycles. The van der Waals surface area contributed by atoms with Crippen molar-refractivity contribution in [1.82, 2.24) is 0 Å². The Morgan fingerprint density at radius 2 is 2.25 bits per heavy atom. The number of ether oxygens (including phenoxy) is 1. The van der Waals surface area contributed by atoms with Gasteiger partial charge in [0.2, 0.25) is 5.91 Å². The first-order valence-corrected chi connectivity index (χ1v) is 5.29. The predicted molar refractivity (Wildman–Crippen MR) is 64.6 cm³/mol. The minimum Gasteiger partial charge on any atom is -0.496 e. The summed E-state index contributed by atoms with van der Waals surface area (Å²) < 4.78 is 5.14. The molecule has 3 N–H and O–H groups in total. The van der Waals surface area contributed by atoms with Gasteiger partial charge in [0.25, 0.3) is 0 Å². The summed E-state index contributed by atoms with van der Waals surface area (Å²) in [5.74, 6) is 0.643. The molecule has 0 aliphatic rings. The fourth-order valence-corrected chi connectivity index (χ4v) is 1.38. The zero-order valence-electron chi connectivity index (χ0n) is 9.91. The predicted octanol–water partition coefficient (Wildman–Crippen LogP) is 1.68. The lowest BCUT2D eigenvalue weighted by atomic mass is 10.2. The standard InChI is InChI=1S/C12H18N2O2/c1-4-10(13)12(15)14-9-5-6-11(16-3)8(2)7-9/h5-7,10H,4,13H2,1-3H3,(H,14,15)/t10-/m1/s1. The number of aryl methyl sites for hydroxylation is 1. The highest BCUT2D eigenvalue weighted by Gasteiger charge is 2.11. The Morgan fingerprint density at radius 1 is 1.56 bits per heavy atom. The summed E-state index contributed by atoms with van der Waals surface area (Å²) in [7, 11) is 1.62. The van der Waals surface area contributed by atoms with Crippen molar-refractivity contribution in [2.24, 2.45) is 5.73 Å². The molecule has 0 unspecified atom stereocenters. The largest absolute Gasteiger partial charge is 0.496 e. The van der Waals surface area contributed by atoms with Gasteiger partial charge in [0.05, 0.1) is 13.2 Å². The van der Waals surface area contributed by atoms with Crippen LogP contribution < -0.4 is 15.8 Å². The maximum atomic E-state index is 11.5. The Bertz CT molecular complexity index is 377. The second kappa shape index (κ2) is 5.51. The molecule has 0 bridgehead atoms. The number of nitrogens with two attached hydrogens (primary N) is 1. The van der Waals surface area contributed by atoms with Crippen LogP contribution in [0.1, 0.15) is 18.9 Å². The van der Waals surface area contributed by atoms with Crippen LogP contribution in [0.3, 0.4) is 0 Å². The second-order valence-corrected chi connectivity index (χ2v) is 3.69. The maximum Gasteiger partial charge on any atom is 0.241 e. The number of rotatable bonds is 4. The topological polar surface area (TPSA) is 64.4 Å². The van der Waals surface area contributed by atoms with Gasteiger partial charge >= 0.3 is 0 Å². The third-order valence-electron chi connectivity index (χ3n) is 2.44. The lowest BCUT2D eigenvalue weighted by Crippen LogP contribution is -2.34. The van der Waals surface area contributed by atoms with Crippen LogP contribution in [-0.2, 0) is 4.79 Å². The van der Waals surface area contributed by atoms with E-state index >= 15 is 0 Å². The van der Waals surface area contributed by atoms with E-state index in [0.717, 1.165) is 17.0 Å². The zero-order valence-corrected chi connectivity index (χ0v) is 9.91. The molecule has 1 aromatic rings. The van der Waals surface area contributed by atoms with Crippen LogP contribution in [0, 0.1) is 6.92 Å². The smallest absolute Gasteiger partial charge is 0.241 e. The SMILES string of the molecule is CC[C@@H](N)C(=O)Nc1ccc(OC)c(C)c1. The summed E-state index contributed by atoms with van der Waals surface area (Å²) in [4.78, 5) is 11.5. The third-order valence-corrected chi connectivity index (χ3v) is 2.44. The van der Waals surface area contributed by atoms with E-state index in [1.807, 2.05) is 26.0 Å². The van der Waals surface area contributed by atoms with Crippen LogP contribution in [0.25, 0.3) is 0 Å². The van der Waals surface area contributed by atoms with Crippen molar-refractivity contribution in [2.75, 3.05) is 12.4 Å². The maximum absolute atomic E-state index is 11.5. The second-order valence-electron chi connectivity index (χ2n) is 3.69. The van der Waals surface area contributed by atoms with E-state index in [1.54, 1.807) is 13.2 Å². The number of benzene rings is 1. The molecule has 1 atom stereocenters. The first-order valence-electron chi connectivity index (χ1n) is 5.29. The number of methoxy groups -OCH3 is 1. The molecular formula is C12H18N2O2. The number of nitrogens with one attached hydrogen (secondary N) is 1. The number of hydrogen-bond donors (Lipinski definition) is 2. The fourth-order valence-electron chi connectivity index (χ4n) is 1.38. The molecule has 0 fully saturated rings. The van der Waals surface area contributed by atoms with Gasteiger partial charge in [-0.15, -0.1) is 0 Å².